The molecule has 176 valence electrons. The molecule has 0 radical (unpaired) electrons. The third-order valence-corrected chi connectivity index (χ3v) is 4.90. The van der Waals surface area contributed by atoms with Crippen molar-refractivity contribution in [3.05, 3.63) is 66.5 Å². The number of carbonyl (C=O) groups is 2. The van der Waals surface area contributed by atoms with Crippen LogP contribution in [-0.2, 0) is 4.79 Å². The van der Waals surface area contributed by atoms with Crippen molar-refractivity contribution in [3.63, 3.8) is 0 Å². The second-order valence-electron chi connectivity index (χ2n) is 7.17. The fourth-order valence-corrected chi connectivity index (χ4v) is 3.15. The first-order valence-electron chi connectivity index (χ1n) is 10.2. The van der Waals surface area contributed by atoms with E-state index in [1.165, 1.54) is 6.08 Å². The Morgan fingerprint density at radius 3 is 2.29 bits per heavy atom. The molecule has 0 unspecified atom stereocenters. The van der Waals surface area contributed by atoms with E-state index in [1.807, 2.05) is 6.92 Å². The highest BCUT2D eigenvalue weighted by Crippen LogP contribution is 2.30. The van der Waals surface area contributed by atoms with Crippen molar-refractivity contribution in [3.8, 4) is 11.5 Å². The van der Waals surface area contributed by atoms with Crippen LogP contribution in [0.1, 0.15) is 6.92 Å². The summed E-state index contributed by atoms with van der Waals surface area (Å²) in [5, 5.41) is 8.51. The number of carbonyl (C=O) groups excluding carboxylic acids is 2. The minimum Gasteiger partial charge on any atom is -0.497 e. The molecule has 1 heterocycles. The van der Waals surface area contributed by atoms with Crippen LogP contribution in [-0.4, -0.2) is 45.4 Å². The fourth-order valence-electron chi connectivity index (χ4n) is 3.15. The first-order chi connectivity index (χ1) is 16.4. The van der Waals surface area contributed by atoms with E-state index in [0.717, 1.165) is 5.57 Å². The van der Waals surface area contributed by atoms with E-state index in [0.29, 0.717) is 34.4 Å². The molecule has 0 spiro atoms. The number of urea groups is 1. The number of guanidine groups is 1. The number of aliphatic imine (C=N–C) groups is 2. The molecule has 10 heteroatoms. The summed E-state index contributed by atoms with van der Waals surface area (Å²) in [6.07, 6.45) is 1.17. The fraction of sp³-hybridized carbons (Fsp3) is 0.167. The number of hydrogen-bond donors (Lipinski definition) is 3. The van der Waals surface area contributed by atoms with Gasteiger partial charge in [-0.25, -0.2) is 9.79 Å². The van der Waals surface area contributed by atoms with Crippen molar-refractivity contribution in [1.82, 2.24) is 5.32 Å². The lowest BCUT2D eigenvalue weighted by molar-refractivity contribution is -0.111. The van der Waals surface area contributed by atoms with Crippen molar-refractivity contribution in [2.75, 3.05) is 36.3 Å². The Hall–Kier alpha value is -4.60. The van der Waals surface area contributed by atoms with E-state index < -0.39 is 0 Å². The van der Waals surface area contributed by atoms with Gasteiger partial charge in [0.15, 0.2) is 0 Å². The molecule has 34 heavy (non-hydrogen) atoms. The Kier molecular flexibility index (Phi) is 7.65. The van der Waals surface area contributed by atoms with Crippen molar-refractivity contribution in [2.45, 2.75) is 6.92 Å². The Bertz CT molecular complexity index is 1170. The molecule has 0 fully saturated rings. The van der Waals surface area contributed by atoms with Gasteiger partial charge in [0, 0.05) is 18.2 Å². The quantitative estimate of drug-likeness (QED) is 0.329. The molecular formula is C24H26N6O4. The number of nitrogens with zero attached hydrogens (tertiary/aromatic N) is 3. The molecule has 0 saturated carbocycles. The van der Waals surface area contributed by atoms with Crippen LogP contribution in [0.5, 0.6) is 11.5 Å². The summed E-state index contributed by atoms with van der Waals surface area (Å²) in [5.74, 6) is 1.27. The highest BCUT2D eigenvalue weighted by Gasteiger charge is 2.25. The van der Waals surface area contributed by atoms with E-state index in [-0.39, 0.29) is 24.4 Å². The summed E-state index contributed by atoms with van der Waals surface area (Å²) in [7, 11) is 3.09. The van der Waals surface area contributed by atoms with E-state index in [9.17, 15) is 9.59 Å². The van der Waals surface area contributed by atoms with Gasteiger partial charge in [0.2, 0.25) is 11.9 Å². The number of nitrogens with one attached hydrogen (secondary N) is 3. The van der Waals surface area contributed by atoms with E-state index in [4.69, 9.17) is 9.47 Å². The zero-order valence-electron chi connectivity index (χ0n) is 19.2. The van der Waals surface area contributed by atoms with Gasteiger partial charge in [-0.05, 0) is 37.4 Å². The zero-order valence-corrected chi connectivity index (χ0v) is 19.2. The molecule has 10 nitrogen and oxygen atoms in total. The van der Waals surface area contributed by atoms with E-state index in [1.54, 1.807) is 61.6 Å². The number of rotatable bonds is 7. The largest absolute Gasteiger partial charge is 0.497 e. The third-order valence-electron chi connectivity index (χ3n) is 4.90. The number of para-hydroxylation sites is 2. The summed E-state index contributed by atoms with van der Waals surface area (Å²) in [6.45, 7) is 9.15. The van der Waals surface area contributed by atoms with Gasteiger partial charge in [-0.2, -0.15) is 4.99 Å². The van der Waals surface area contributed by atoms with Crippen LogP contribution >= 0.6 is 0 Å². The van der Waals surface area contributed by atoms with Crippen LogP contribution in [0.3, 0.4) is 0 Å². The van der Waals surface area contributed by atoms with Crippen LogP contribution in [0.2, 0.25) is 0 Å². The van der Waals surface area contributed by atoms with E-state index >= 15 is 0 Å². The Morgan fingerprint density at radius 1 is 1.12 bits per heavy atom. The summed E-state index contributed by atoms with van der Waals surface area (Å²) >= 11 is 0. The van der Waals surface area contributed by atoms with Gasteiger partial charge in [0.1, 0.15) is 17.3 Å². The molecule has 1 aliphatic rings. The van der Waals surface area contributed by atoms with Crippen molar-refractivity contribution in [2.24, 2.45) is 9.98 Å². The minimum atomic E-state index is -0.373. The highest BCUT2D eigenvalue weighted by atomic mass is 16.5. The van der Waals surface area contributed by atoms with Gasteiger partial charge in [-0.15, -0.1) is 0 Å². The Balaban J connectivity index is 1.86. The number of benzene rings is 2. The van der Waals surface area contributed by atoms with Crippen LogP contribution in [0.4, 0.5) is 21.9 Å². The molecule has 3 rings (SSSR count). The van der Waals surface area contributed by atoms with Gasteiger partial charge in [0.05, 0.1) is 37.8 Å². The standard InChI is InChI=1S/C24H26N6O4/c1-6-21(31)26-19-9-7-8-10-20(19)27-23(25-3)28-22-15(2)14-30(24(32)29-22)16-11-17(33-4)13-18(12-16)34-5/h6-13H,1,3,14H2,2,4-5H3,(H,26,31)(H,27,28)(H,29,32). The van der Waals surface area contributed by atoms with Crippen LogP contribution in [0.15, 0.2) is 76.5 Å². The number of methoxy groups -OCH3 is 2. The van der Waals surface area contributed by atoms with E-state index in [2.05, 4.69) is 39.2 Å². The Morgan fingerprint density at radius 2 is 1.74 bits per heavy atom. The first-order valence-corrected chi connectivity index (χ1v) is 10.2. The molecule has 3 N–H and O–H groups in total. The summed E-state index contributed by atoms with van der Waals surface area (Å²) in [5.41, 5.74) is 2.47. The van der Waals surface area contributed by atoms with Crippen molar-refractivity contribution >= 4 is 41.7 Å². The van der Waals surface area contributed by atoms with Crippen molar-refractivity contribution in [1.29, 1.82) is 0 Å². The topological polar surface area (TPSA) is 117 Å². The number of hydrogen-bond acceptors (Lipinski definition) is 5. The molecular weight excluding hydrogens is 436 g/mol. The second-order valence-corrected chi connectivity index (χ2v) is 7.17. The van der Waals surface area contributed by atoms with Gasteiger partial charge in [0.25, 0.3) is 0 Å². The maximum Gasteiger partial charge on any atom is 0.327 e. The lowest BCUT2D eigenvalue weighted by Gasteiger charge is -2.29. The molecule has 0 atom stereocenters. The lowest BCUT2D eigenvalue weighted by atomic mass is 10.2. The predicted octanol–water partition coefficient (Wildman–Crippen LogP) is 3.76. The number of amides is 3. The molecule has 0 saturated heterocycles. The SMILES string of the molecule is C=CC(=O)Nc1ccccc1NC(N=C)=NC1=C(C)CN(c2cc(OC)cc(OC)c2)C(=O)N1. The average molecular weight is 463 g/mol. The molecule has 3 amide bonds. The smallest absolute Gasteiger partial charge is 0.327 e. The van der Waals surface area contributed by atoms with Crippen LogP contribution in [0, 0.1) is 0 Å². The maximum atomic E-state index is 12.9. The monoisotopic (exact) mass is 462 g/mol. The molecule has 0 aliphatic carbocycles. The van der Waals surface area contributed by atoms with Crippen LogP contribution in [0.25, 0.3) is 0 Å². The maximum absolute atomic E-state index is 12.9. The molecule has 0 bridgehead atoms. The average Bonchev–Trinajstić information content (AvgIpc) is 2.85. The summed E-state index contributed by atoms with van der Waals surface area (Å²) in [4.78, 5) is 34.5. The zero-order chi connectivity index (χ0) is 24.7. The third kappa shape index (κ3) is 5.60. The van der Waals surface area contributed by atoms with Gasteiger partial charge in [-0.1, -0.05) is 18.7 Å². The van der Waals surface area contributed by atoms with Crippen molar-refractivity contribution < 1.29 is 19.1 Å². The summed E-state index contributed by atoms with van der Waals surface area (Å²) in [6, 6.07) is 11.9. The molecule has 2 aromatic rings. The molecule has 0 aromatic heterocycles. The highest BCUT2D eigenvalue weighted by molar-refractivity contribution is 6.05. The second kappa shape index (κ2) is 10.8. The lowest BCUT2D eigenvalue weighted by Crippen LogP contribution is -2.45. The van der Waals surface area contributed by atoms with Crippen LogP contribution < -0.4 is 30.3 Å². The Labute approximate surface area is 197 Å². The normalized spacial score (nSPS) is 13.7. The summed E-state index contributed by atoms with van der Waals surface area (Å²) < 4.78 is 10.6. The minimum absolute atomic E-state index is 0.145. The van der Waals surface area contributed by atoms with Gasteiger partial charge < -0.3 is 20.1 Å². The van der Waals surface area contributed by atoms with Gasteiger partial charge >= 0.3 is 6.03 Å². The molecule has 1 aliphatic heterocycles. The predicted molar refractivity (Wildman–Crippen MR) is 134 cm³/mol. The first kappa shape index (κ1) is 24.1. The van der Waals surface area contributed by atoms with Gasteiger partial charge in [-0.3, -0.25) is 15.0 Å². The number of anilines is 3. The molecule has 2 aromatic carbocycles. The number of ether oxygens (including phenoxy) is 2.